The molecule has 76 valence electrons. The van der Waals surface area contributed by atoms with Gasteiger partial charge in [-0.05, 0) is 24.1 Å². The van der Waals surface area contributed by atoms with Crippen LogP contribution in [0.5, 0.6) is 0 Å². The van der Waals surface area contributed by atoms with Gasteiger partial charge in [-0.3, -0.25) is 0 Å². The maximum absolute atomic E-state index is 12.9. The zero-order chi connectivity index (χ0) is 9.80. The van der Waals surface area contributed by atoms with Crippen LogP contribution in [0.4, 0.5) is 4.39 Å². The molecule has 1 aliphatic rings. The summed E-state index contributed by atoms with van der Waals surface area (Å²) in [6.07, 6.45) is 0.894. The van der Waals surface area contributed by atoms with Gasteiger partial charge in [-0.15, -0.1) is 0 Å². The number of benzene rings is 1. The van der Waals surface area contributed by atoms with Crippen LogP contribution in [0, 0.1) is 5.82 Å². The summed E-state index contributed by atoms with van der Waals surface area (Å²) in [5.41, 5.74) is 1.06. The fraction of sp³-hybridized carbons (Fsp3) is 0.455. The number of rotatable bonds is 2. The Kier molecular flexibility index (Phi) is 3.11. The molecule has 2 nitrogen and oxygen atoms in total. The van der Waals surface area contributed by atoms with E-state index in [0.29, 0.717) is 6.04 Å². The van der Waals surface area contributed by atoms with E-state index in [4.69, 9.17) is 0 Å². The second-order valence-electron chi connectivity index (χ2n) is 3.69. The van der Waals surface area contributed by atoms with Crippen LogP contribution in [0.2, 0.25) is 0 Å². The van der Waals surface area contributed by atoms with Crippen molar-refractivity contribution < 1.29 is 4.39 Å². The van der Waals surface area contributed by atoms with Gasteiger partial charge in [0.05, 0.1) is 0 Å². The molecule has 0 saturated carbocycles. The van der Waals surface area contributed by atoms with E-state index < -0.39 is 0 Å². The third-order valence-electron chi connectivity index (χ3n) is 2.50. The SMILES string of the molecule is Fc1cccc(C[C@@H]2CNCCN2)c1. The molecular weight excluding hydrogens is 179 g/mol. The van der Waals surface area contributed by atoms with E-state index in [0.717, 1.165) is 31.6 Å². The smallest absolute Gasteiger partial charge is 0.123 e. The lowest BCUT2D eigenvalue weighted by Gasteiger charge is -2.24. The Hall–Kier alpha value is -0.930. The maximum Gasteiger partial charge on any atom is 0.123 e. The highest BCUT2D eigenvalue weighted by Crippen LogP contribution is 2.06. The maximum atomic E-state index is 12.9. The van der Waals surface area contributed by atoms with Crippen LogP contribution in [0.15, 0.2) is 24.3 Å². The lowest BCUT2D eigenvalue weighted by molar-refractivity contribution is 0.416. The quantitative estimate of drug-likeness (QED) is 0.732. The molecule has 14 heavy (non-hydrogen) atoms. The highest BCUT2D eigenvalue weighted by molar-refractivity contribution is 5.17. The first kappa shape index (κ1) is 9.62. The molecule has 0 aromatic heterocycles. The fourth-order valence-corrected chi connectivity index (χ4v) is 1.81. The molecule has 0 unspecified atom stereocenters. The first-order valence-electron chi connectivity index (χ1n) is 5.03. The van der Waals surface area contributed by atoms with Gasteiger partial charge in [0, 0.05) is 25.7 Å². The summed E-state index contributed by atoms with van der Waals surface area (Å²) in [5.74, 6) is -0.147. The molecule has 2 rings (SSSR count). The Bertz CT molecular complexity index is 295. The Morgan fingerprint density at radius 3 is 3.00 bits per heavy atom. The predicted molar refractivity (Wildman–Crippen MR) is 54.8 cm³/mol. The van der Waals surface area contributed by atoms with Gasteiger partial charge in [-0.2, -0.15) is 0 Å². The number of piperazine rings is 1. The molecule has 1 aromatic carbocycles. The summed E-state index contributed by atoms with van der Waals surface area (Å²) in [7, 11) is 0. The molecule has 1 atom stereocenters. The van der Waals surface area contributed by atoms with Crippen molar-refractivity contribution in [3.8, 4) is 0 Å². The molecule has 0 aliphatic carbocycles. The summed E-state index contributed by atoms with van der Waals surface area (Å²) in [5, 5.41) is 6.72. The first-order valence-corrected chi connectivity index (χ1v) is 5.03. The summed E-state index contributed by atoms with van der Waals surface area (Å²) in [6, 6.07) is 7.26. The standard InChI is InChI=1S/C11H15FN2/c12-10-3-1-2-9(6-10)7-11-8-13-4-5-14-11/h1-3,6,11,13-14H,4-5,7-8H2/t11-/m1/s1. The second-order valence-corrected chi connectivity index (χ2v) is 3.69. The molecule has 1 fully saturated rings. The largest absolute Gasteiger partial charge is 0.314 e. The molecule has 1 aliphatic heterocycles. The molecule has 1 aromatic rings. The van der Waals surface area contributed by atoms with Crippen molar-refractivity contribution >= 4 is 0 Å². The van der Waals surface area contributed by atoms with Gasteiger partial charge in [-0.1, -0.05) is 12.1 Å². The third-order valence-corrected chi connectivity index (χ3v) is 2.50. The van der Waals surface area contributed by atoms with Crippen LogP contribution in [0.3, 0.4) is 0 Å². The fourth-order valence-electron chi connectivity index (χ4n) is 1.81. The molecule has 1 heterocycles. The molecule has 3 heteroatoms. The van der Waals surface area contributed by atoms with Gasteiger partial charge in [0.25, 0.3) is 0 Å². The second kappa shape index (κ2) is 4.53. The van der Waals surface area contributed by atoms with Gasteiger partial charge >= 0.3 is 0 Å². The van der Waals surface area contributed by atoms with Gasteiger partial charge in [0.15, 0.2) is 0 Å². The molecule has 0 amide bonds. The zero-order valence-electron chi connectivity index (χ0n) is 8.09. The Morgan fingerprint density at radius 1 is 1.36 bits per heavy atom. The summed E-state index contributed by atoms with van der Waals surface area (Å²) in [4.78, 5) is 0. The third kappa shape index (κ3) is 2.53. The monoisotopic (exact) mass is 194 g/mol. The lowest BCUT2D eigenvalue weighted by atomic mass is 10.0. The lowest BCUT2D eigenvalue weighted by Crippen LogP contribution is -2.49. The summed E-state index contributed by atoms with van der Waals surface area (Å²) in [6.45, 7) is 3.00. The van der Waals surface area contributed by atoms with E-state index >= 15 is 0 Å². The Balaban J connectivity index is 1.95. The van der Waals surface area contributed by atoms with E-state index in [9.17, 15) is 4.39 Å². The van der Waals surface area contributed by atoms with Crippen molar-refractivity contribution in [1.29, 1.82) is 0 Å². The number of halogens is 1. The minimum Gasteiger partial charge on any atom is -0.314 e. The van der Waals surface area contributed by atoms with Crippen LogP contribution < -0.4 is 10.6 Å². The average Bonchev–Trinajstić information content (AvgIpc) is 2.19. The topological polar surface area (TPSA) is 24.1 Å². The highest BCUT2D eigenvalue weighted by atomic mass is 19.1. The van der Waals surface area contributed by atoms with Gasteiger partial charge in [0.1, 0.15) is 5.82 Å². The van der Waals surface area contributed by atoms with Crippen molar-refractivity contribution in [2.45, 2.75) is 12.5 Å². The van der Waals surface area contributed by atoms with Crippen molar-refractivity contribution in [2.75, 3.05) is 19.6 Å². The van der Waals surface area contributed by atoms with Gasteiger partial charge in [0.2, 0.25) is 0 Å². The van der Waals surface area contributed by atoms with Crippen molar-refractivity contribution in [3.05, 3.63) is 35.6 Å². The van der Waals surface area contributed by atoms with E-state index in [1.807, 2.05) is 6.07 Å². The van der Waals surface area contributed by atoms with Crippen molar-refractivity contribution in [2.24, 2.45) is 0 Å². The van der Waals surface area contributed by atoms with Crippen molar-refractivity contribution in [1.82, 2.24) is 10.6 Å². The van der Waals surface area contributed by atoms with Crippen molar-refractivity contribution in [3.63, 3.8) is 0 Å². The van der Waals surface area contributed by atoms with Crippen LogP contribution in [-0.2, 0) is 6.42 Å². The molecule has 0 radical (unpaired) electrons. The summed E-state index contributed by atoms with van der Waals surface area (Å²) < 4.78 is 12.9. The molecule has 0 bridgehead atoms. The number of nitrogens with one attached hydrogen (secondary N) is 2. The molecule has 1 saturated heterocycles. The first-order chi connectivity index (χ1) is 6.84. The normalized spacial score (nSPS) is 22.2. The number of hydrogen-bond donors (Lipinski definition) is 2. The zero-order valence-corrected chi connectivity index (χ0v) is 8.09. The van der Waals surface area contributed by atoms with Crippen LogP contribution in [-0.4, -0.2) is 25.7 Å². The van der Waals surface area contributed by atoms with E-state index in [2.05, 4.69) is 10.6 Å². The predicted octanol–water partition coefficient (Wildman–Crippen LogP) is 0.930. The van der Waals surface area contributed by atoms with Gasteiger partial charge < -0.3 is 10.6 Å². The minimum atomic E-state index is -0.147. The molecule has 0 spiro atoms. The van der Waals surface area contributed by atoms with E-state index in [1.54, 1.807) is 12.1 Å². The minimum absolute atomic E-state index is 0.147. The average molecular weight is 194 g/mol. The molecular formula is C11H15FN2. The molecule has 2 N–H and O–H groups in total. The van der Waals surface area contributed by atoms with Crippen LogP contribution in [0.1, 0.15) is 5.56 Å². The summed E-state index contributed by atoms with van der Waals surface area (Å²) >= 11 is 0. The van der Waals surface area contributed by atoms with Crippen LogP contribution >= 0.6 is 0 Å². The van der Waals surface area contributed by atoms with E-state index in [-0.39, 0.29) is 5.82 Å². The Morgan fingerprint density at radius 2 is 2.29 bits per heavy atom. The Labute approximate surface area is 83.5 Å². The van der Waals surface area contributed by atoms with Gasteiger partial charge in [-0.25, -0.2) is 4.39 Å². The van der Waals surface area contributed by atoms with Crippen LogP contribution in [0.25, 0.3) is 0 Å². The van der Waals surface area contributed by atoms with E-state index in [1.165, 1.54) is 6.07 Å². The highest BCUT2D eigenvalue weighted by Gasteiger charge is 2.12. The number of hydrogen-bond acceptors (Lipinski definition) is 2.